The van der Waals surface area contributed by atoms with Crippen molar-refractivity contribution in [1.29, 1.82) is 0 Å². The molecule has 0 spiro atoms. The number of carbonyl (C=O) groups is 1. The molecule has 5 rings (SSSR count). The third kappa shape index (κ3) is 3.93. The number of pyridine rings is 2. The van der Waals surface area contributed by atoms with E-state index in [9.17, 15) is 9.18 Å². The Morgan fingerprint density at radius 2 is 2.06 bits per heavy atom. The molecule has 1 saturated carbocycles. The summed E-state index contributed by atoms with van der Waals surface area (Å²) in [6.45, 7) is 3.78. The first-order valence-corrected chi connectivity index (χ1v) is 10.6. The smallest absolute Gasteiger partial charge is 0.249 e. The predicted octanol–water partition coefficient (Wildman–Crippen LogP) is 4.13. The van der Waals surface area contributed by atoms with Gasteiger partial charge in [0.2, 0.25) is 5.91 Å². The molecule has 0 bridgehead atoms. The molecule has 0 saturated heterocycles. The van der Waals surface area contributed by atoms with E-state index < -0.39 is 5.82 Å². The van der Waals surface area contributed by atoms with Gasteiger partial charge in [0.25, 0.3) is 0 Å². The van der Waals surface area contributed by atoms with E-state index in [4.69, 9.17) is 5.73 Å². The number of rotatable bonds is 4. The lowest BCUT2D eigenvalue weighted by molar-refractivity contribution is -0.112. The first-order chi connectivity index (χ1) is 15.9. The maximum atomic E-state index is 15.0. The Balaban J connectivity index is 1.36. The Kier molecular flexibility index (Phi) is 5.08. The lowest BCUT2D eigenvalue weighted by Gasteiger charge is -2.28. The van der Waals surface area contributed by atoms with Crippen molar-refractivity contribution in [3.05, 3.63) is 71.7 Å². The van der Waals surface area contributed by atoms with Crippen molar-refractivity contribution in [2.75, 3.05) is 11.1 Å². The van der Waals surface area contributed by atoms with E-state index in [0.717, 1.165) is 29.7 Å². The molecule has 1 aliphatic rings. The van der Waals surface area contributed by atoms with Crippen LogP contribution in [0.3, 0.4) is 0 Å². The van der Waals surface area contributed by atoms with Crippen LogP contribution in [0.5, 0.6) is 0 Å². The van der Waals surface area contributed by atoms with Gasteiger partial charge in [0.05, 0.1) is 17.4 Å². The molecule has 0 unspecified atom stereocenters. The molecule has 9 heteroatoms. The van der Waals surface area contributed by atoms with Gasteiger partial charge < -0.3 is 11.1 Å². The molecule has 4 aromatic rings. The average Bonchev–Trinajstić information content (AvgIpc) is 3.19. The van der Waals surface area contributed by atoms with E-state index in [1.807, 2.05) is 30.8 Å². The minimum Gasteiger partial charge on any atom is -0.396 e. The zero-order chi connectivity index (χ0) is 23.1. The van der Waals surface area contributed by atoms with Gasteiger partial charge in [-0.25, -0.2) is 14.1 Å². The zero-order valence-corrected chi connectivity index (χ0v) is 18.2. The number of hydrogen-bond acceptors (Lipinski definition) is 6. The van der Waals surface area contributed by atoms with Crippen LogP contribution in [0, 0.1) is 19.7 Å². The average molecular weight is 443 g/mol. The van der Waals surface area contributed by atoms with Gasteiger partial charge in [0.1, 0.15) is 5.82 Å². The van der Waals surface area contributed by atoms with E-state index in [1.54, 1.807) is 30.6 Å². The molecule has 0 radical (unpaired) electrons. The van der Waals surface area contributed by atoms with Gasteiger partial charge in [-0.1, -0.05) is 10.8 Å². The fourth-order valence-corrected chi connectivity index (χ4v) is 4.05. The number of anilines is 2. The number of allylic oxidation sites excluding steroid dienone is 1. The van der Waals surface area contributed by atoms with Crippen LogP contribution in [0.2, 0.25) is 0 Å². The molecule has 0 aliphatic heterocycles. The van der Waals surface area contributed by atoms with Crippen molar-refractivity contribution in [2.45, 2.75) is 32.7 Å². The van der Waals surface area contributed by atoms with Crippen molar-refractivity contribution in [3.63, 3.8) is 0 Å². The second kappa shape index (κ2) is 8.09. The predicted molar refractivity (Wildman–Crippen MR) is 124 cm³/mol. The normalized spacial score (nSPS) is 15.4. The second-order valence-electron chi connectivity index (χ2n) is 8.33. The summed E-state index contributed by atoms with van der Waals surface area (Å²) >= 11 is 0. The van der Waals surface area contributed by atoms with Crippen LogP contribution in [-0.4, -0.2) is 30.9 Å². The van der Waals surface area contributed by atoms with Crippen LogP contribution in [0.25, 0.3) is 21.9 Å². The summed E-state index contributed by atoms with van der Waals surface area (Å²) in [5.74, 6) is -0.403. The van der Waals surface area contributed by atoms with Crippen LogP contribution < -0.4 is 11.1 Å². The number of carbonyl (C=O) groups excluding carboxylic acids is 1. The summed E-state index contributed by atoms with van der Waals surface area (Å²) in [7, 11) is 0. The first kappa shape index (κ1) is 20.7. The van der Waals surface area contributed by atoms with E-state index in [0.29, 0.717) is 27.7 Å². The SMILES string of the molecule is Cc1cn(C2CC(=CC(=O)Nc3cc4cc(-c5cnccc5C)c(F)c(N)c4cn3)C2)nn1. The van der Waals surface area contributed by atoms with Gasteiger partial charge in [0, 0.05) is 47.4 Å². The molecule has 1 aromatic carbocycles. The Morgan fingerprint density at radius 1 is 1.24 bits per heavy atom. The summed E-state index contributed by atoms with van der Waals surface area (Å²) in [6, 6.07) is 5.45. The Morgan fingerprint density at radius 3 is 2.79 bits per heavy atom. The molecule has 166 valence electrons. The van der Waals surface area contributed by atoms with Gasteiger partial charge in [-0.05, 0) is 55.8 Å². The van der Waals surface area contributed by atoms with Gasteiger partial charge in [0.15, 0.2) is 5.82 Å². The van der Waals surface area contributed by atoms with Crippen LogP contribution in [-0.2, 0) is 4.79 Å². The summed E-state index contributed by atoms with van der Waals surface area (Å²) in [6.07, 6.45) is 9.75. The van der Waals surface area contributed by atoms with Crippen molar-refractivity contribution in [2.24, 2.45) is 0 Å². The van der Waals surface area contributed by atoms with Crippen LogP contribution in [0.4, 0.5) is 15.9 Å². The maximum absolute atomic E-state index is 15.0. The molecule has 3 N–H and O–H groups in total. The number of hydrogen-bond donors (Lipinski definition) is 2. The summed E-state index contributed by atoms with van der Waals surface area (Å²) in [4.78, 5) is 20.8. The molecule has 3 aromatic heterocycles. The number of fused-ring (bicyclic) bond motifs is 1. The zero-order valence-electron chi connectivity index (χ0n) is 18.2. The monoisotopic (exact) mass is 443 g/mol. The molecule has 33 heavy (non-hydrogen) atoms. The molecular formula is C24H22FN7O. The number of nitrogens with two attached hydrogens (primary N) is 1. The number of nitrogens with one attached hydrogen (secondary N) is 1. The fourth-order valence-electron chi connectivity index (χ4n) is 4.05. The van der Waals surface area contributed by atoms with Crippen molar-refractivity contribution >= 4 is 28.2 Å². The third-order valence-corrected chi connectivity index (χ3v) is 5.91. The highest BCUT2D eigenvalue weighted by Gasteiger charge is 2.26. The van der Waals surface area contributed by atoms with E-state index in [-0.39, 0.29) is 17.6 Å². The number of nitrogen functional groups attached to an aromatic ring is 1. The largest absolute Gasteiger partial charge is 0.396 e. The molecular weight excluding hydrogens is 421 g/mol. The third-order valence-electron chi connectivity index (χ3n) is 5.91. The lowest BCUT2D eigenvalue weighted by atomic mass is 9.86. The summed E-state index contributed by atoms with van der Waals surface area (Å²) < 4.78 is 16.8. The van der Waals surface area contributed by atoms with Crippen LogP contribution >= 0.6 is 0 Å². The number of aromatic nitrogens is 5. The highest BCUT2D eigenvalue weighted by Crippen LogP contribution is 2.37. The van der Waals surface area contributed by atoms with Gasteiger partial charge >= 0.3 is 0 Å². The fraction of sp³-hybridized carbons (Fsp3) is 0.208. The Hall–Kier alpha value is -4.14. The molecule has 3 heterocycles. The van der Waals surface area contributed by atoms with Crippen LogP contribution in [0.15, 0.2) is 54.6 Å². The molecule has 0 atom stereocenters. The van der Waals surface area contributed by atoms with Gasteiger partial charge in [-0.3, -0.25) is 9.78 Å². The number of amides is 1. The second-order valence-corrected chi connectivity index (χ2v) is 8.33. The topological polar surface area (TPSA) is 112 Å². The van der Waals surface area contributed by atoms with E-state index >= 15 is 0 Å². The molecule has 1 aliphatic carbocycles. The number of aryl methyl sites for hydroxylation is 2. The number of nitrogens with zero attached hydrogens (tertiary/aromatic N) is 5. The highest BCUT2D eigenvalue weighted by atomic mass is 19.1. The summed E-state index contributed by atoms with van der Waals surface area (Å²) in [5.41, 5.74) is 9.90. The molecule has 1 fully saturated rings. The summed E-state index contributed by atoms with van der Waals surface area (Å²) in [5, 5.41) is 12.0. The number of benzene rings is 1. The molecule has 1 amide bonds. The van der Waals surface area contributed by atoms with E-state index in [1.165, 1.54) is 6.20 Å². The van der Waals surface area contributed by atoms with Crippen molar-refractivity contribution in [1.82, 2.24) is 25.0 Å². The Labute approximate surface area is 189 Å². The standard InChI is InChI=1S/C24H22FN7O/c1-13-3-4-27-10-19(13)18-8-16-9-21(28-11-20(16)24(26)23(18)25)29-22(33)7-15-5-17(6-15)32-12-14(2)30-31-32/h3-4,7-12,17H,5-6,26H2,1-2H3,(H,28,29,33). The van der Waals surface area contributed by atoms with Crippen molar-refractivity contribution < 1.29 is 9.18 Å². The van der Waals surface area contributed by atoms with Crippen molar-refractivity contribution in [3.8, 4) is 11.1 Å². The lowest BCUT2D eigenvalue weighted by Crippen LogP contribution is -2.22. The highest BCUT2D eigenvalue weighted by molar-refractivity contribution is 6.02. The molecule has 8 nitrogen and oxygen atoms in total. The van der Waals surface area contributed by atoms with Crippen LogP contribution in [0.1, 0.15) is 30.1 Å². The minimum absolute atomic E-state index is 0.0158. The van der Waals surface area contributed by atoms with Gasteiger partial charge in [-0.2, -0.15) is 0 Å². The Bertz CT molecular complexity index is 1420. The number of halogens is 1. The minimum atomic E-state index is -0.510. The van der Waals surface area contributed by atoms with Gasteiger partial charge in [-0.15, -0.1) is 5.10 Å². The quantitative estimate of drug-likeness (QED) is 0.362. The van der Waals surface area contributed by atoms with E-state index in [2.05, 4.69) is 25.6 Å². The first-order valence-electron chi connectivity index (χ1n) is 10.6. The maximum Gasteiger partial charge on any atom is 0.249 e.